The van der Waals surface area contributed by atoms with Gasteiger partial charge in [-0.1, -0.05) is 18.7 Å². The molecule has 0 aliphatic heterocycles. The normalized spacial score (nSPS) is 9.81. The molecular weight excluding hydrogens is 330 g/mol. The number of ketones is 1. The molecule has 0 unspecified atom stereocenters. The summed E-state index contributed by atoms with van der Waals surface area (Å²) in [5, 5.41) is 9.02. The number of nitriles is 1. The lowest BCUT2D eigenvalue weighted by Crippen LogP contribution is -2.09. The second kappa shape index (κ2) is 9.80. The summed E-state index contributed by atoms with van der Waals surface area (Å²) in [5.74, 6) is 0.358. The molecule has 0 bridgehead atoms. The Hall–Kier alpha value is -3.39. The maximum atomic E-state index is 12.2. The summed E-state index contributed by atoms with van der Waals surface area (Å²) in [6.07, 6.45) is 3.30. The van der Waals surface area contributed by atoms with Crippen molar-refractivity contribution in [3.8, 4) is 17.6 Å². The smallest absolute Gasteiger partial charge is 0.343 e. The molecule has 0 heterocycles. The number of carbonyl (C=O) groups excluding carboxylic acids is 2. The minimum atomic E-state index is -0.540. The molecule has 5 nitrogen and oxygen atoms in total. The van der Waals surface area contributed by atoms with Gasteiger partial charge in [0, 0.05) is 6.42 Å². The van der Waals surface area contributed by atoms with Crippen molar-refractivity contribution < 1.29 is 19.1 Å². The summed E-state index contributed by atoms with van der Waals surface area (Å²) in [4.78, 5) is 23.3. The van der Waals surface area contributed by atoms with Crippen LogP contribution in [0.1, 0.15) is 35.2 Å². The highest BCUT2D eigenvalue weighted by Gasteiger charge is 2.11. The Balaban J connectivity index is 1.85. The molecule has 0 aliphatic rings. The number of para-hydroxylation sites is 1. The summed E-state index contributed by atoms with van der Waals surface area (Å²) in [7, 11) is 0. The summed E-state index contributed by atoms with van der Waals surface area (Å²) in [6.45, 7) is 3.92. The number of unbranched alkanes of at least 4 members (excludes halogenated alkanes) is 1. The van der Waals surface area contributed by atoms with Crippen LogP contribution < -0.4 is 9.47 Å². The summed E-state index contributed by atoms with van der Waals surface area (Å²) in [5.41, 5.74) is 0.664. The van der Waals surface area contributed by atoms with Crippen LogP contribution in [0.15, 0.2) is 61.2 Å². The Kier molecular flexibility index (Phi) is 7.14. The average molecular weight is 349 g/mol. The third-order valence-corrected chi connectivity index (χ3v) is 3.61. The number of hydrogen-bond acceptors (Lipinski definition) is 5. The van der Waals surface area contributed by atoms with Gasteiger partial charge in [-0.3, -0.25) is 4.79 Å². The monoisotopic (exact) mass is 349 g/mol. The van der Waals surface area contributed by atoms with E-state index in [0.717, 1.165) is 12.8 Å². The van der Waals surface area contributed by atoms with Crippen LogP contribution in [-0.4, -0.2) is 18.4 Å². The molecule has 2 rings (SSSR count). The molecule has 0 amide bonds. The Morgan fingerprint density at radius 2 is 1.81 bits per heavy atom. The second-order valence-electron chi connectivity index (χ2n) is 5.50. The summed E-state index contributed by atoms with van der Waals surface area (Å²) in [6, 6.07) is 15.1. The second-order valence-corrected chi connectivity index (χ2v) is 5.50. The lowest BCUT2D eigenvalue weighted by molar-refractivity contribution is -0.114. The van der Waals surface area contributed by atoms with E-state index in [4.69, 9.17) is 14.7 Å². The molecule has 0 fully saturated rings. The van der Waals surface area contributed by atoms with Crippen LogP contribution in [0.5, 0.6) is 11.5 Å². The Morgan fingerprint density at radius 1 is 1.08 bits per heavy atom. The van der Waals surface area contributed by atoms with Gasteiger partial charge >= 0.3 is 5.97 Å². The predicted molar refractivity (Wildman–Crippen MR) is 97.1 cm³/mol. The van der Waals surface area contributed by atoms with Crippen LogP contribution in [0.3, 0.4) is 0 Å². The van der Waals surface area contributed by atoms with Crippen molar-refractivity contribution in [3.05, 3.63) is 72.3 Å². The van der Waals surface area contributed by atoms with E-state index in [-0.39, 0.29) is 11.5 Å². The van der Waals surface area contributed by atoms with Crippen LogP contribution in [0.2, 0.25) is 0 Å². The molecule has 0 saturated heterocycles. The number of nitrogens with zero attached hydrogens (tertiary/aromatic N) is 1. The lowest BCUT2D eigenvalue weighted by Gasteiger charge is -2.08. The first-order valence-corrected chi connectivity index (χ1v) is 8.23. The fourth-order valence-corrected chi connectivity index (χ4v) is 2.19. The number of carbonyl (C=O) groups is 2. The standard InChI is InChI=1S/C21H19NO4/c1-2-18(23)8-5-6-14-25-19-12-10-16(11-13-19)21(24)26-20-9-4-3-7-17(20)15-22/h2-4,7,9-13H,1,5-6,8,14H2. The molecule has 0 spiro atoms. The van der Waals surface area contributed by atoms with E-state index in [1.165, 1.54) is 6.08 Å². The highest BCUT2D eigenvalue weighted by Crippen LogP contribution is 2.19. The molecule has 2 aromatic carbocycles. The van der Waals surface area contributed by atoms with E-state index in [0.29, 0.717) is 29.9 Å². The minimum absolute atomic E-state index is 0.0332. The van der Waals surface area contributed by atoms with Crippen LogP contribution >= 0.6 is 0 Å². The predicted octanol–water partition coefficient (Wildman–Crippen LogP) is 4.08. The highest BCUT2D eigenvalue weighted by molar-refractivity contribution is 5.91. The summed E-state index contributed by atoms with van der Waals surface area (Å²) < 4.78 is 10.8. The molecule has 132 valence electrons. The molecule has 0 aromatic heterocycles. The zero-order valence-corrected chi connectivity index (χ0v) is 14.3. The van der Waals surface area contributed by atoms with Gasteiger partial charge in [-0.25, -0.2) is 4.79 Å². The van der Waals surface area contributed by atoms with E-state index in [1.807, 2.05) is 6.07 Å². The molecule has 0 aliphatic carbocycles. The third kappa shape index (κ3) is 5.60. The highest BCUT2D eigenvalue weighted by atomic mass is 16.5. The molecule has 0 N–H and O–H groups in total. The SMILES string of the molecule is C=CC(=O)CCCCOc1ccc(C(=O)Oc2ccccc2C#N)cc1. The topological polar surface area (TPSA) is 76.4 Å². The van der Waals surface area contributed by atoms with Crippen molar-refractivity contribution >= 4 is 11.8 Å². The number of ether oxygens (including phenoxy) is 2. The average Bonchev–Trinajstić information content (AvgIpc) is 2.68. The first-order valence-electron chi connectivity index (χ1n) is 8.23. The number of benzene rings is 2. The summed E-state index contributed by atoms with van der Waals surface area (Å²) >= 11 is 0. The first-order chi connectivity index (χ1) is 12.6. The van der Waals surface area contributed by atoms with Crippen molar-refractivity contribution in [2.24, 2.45) is 0 Å². The Morgan fingerprint density at radius 3 is 2.50 bits per heavy atom. The van der Waals surface area contributed by atoms with Crippen LogP contribution in [-0.2, 0) is 4.79 Å². The van der Waals surface area contributed by atoms with Gasteiger partial charge in [-0.15, -0.1) is 0 Å². The third-order valence-electron chi connectivity index (χ3n) is 3.61. The molecule has 5 heteroatoms. The number of esters is 1. The zero-order chi connectivity index (χ0) is 18.8. The van der Waals surface area contributed by atoms with E-state index in [1.54, 1.807) is 48.5 Å². The van der Waals surface area contributed by atoms with Gasteiger partial charge in [0.25, 0.3) is 0 Å². The fraction of sp³-hybridized carbons (Fsp3) is 0.190. The van der Waals surface area contributed by atoms with Crippen LogP contribution in [0.4, 0.5) is 0 Å². The Labute approximate surface area is 152 Å². The maximum absolute atomic E-state index is 12.2. The largest absolute Gasteiger partial charge is 0.494 e. The van der Waals surface area contributed by atoms with Crippen molar-refractivity contribution in [2.45, 2.75) is 19.3 Å². The molecule has 0 saturated carbocycles. The van der Waals surface area contributed by atoms with Gasteiger partial charge in [-0.05, 0) is 55.3 Å². The number of rotatable bonds is 9. The van der Waals surface area contributed by atoms with Gasteiger partial charge in [-0.2, -0.15) is 5.26 Å². The van der Waals surface area contributed by atoms with Gasteiger partial charge in [0.15, 0.2) is 5.78 Å². The molecule has 26 heavy (non-hydrogen) atoms. The fourth-order valence-electron chi connectivity index (χ4n) is 2.19. The van der Waals surface area contributed by atoms with E-state index < -0.39 is 5.97 Å². The van der Waals surface area contributed by atoms with Crippen LogP contribution in [0, 0.1) is 11.3 Å². The van der Waals surface area contributed by atoms with Gasteiger partial charge < -0.3 is 9.47 Å². The Bertz CT molecular complexity index is 819. The van der Waals surface area contributed by atoms with E-state index in [2.05, 4.69) is 6.58 Å². The van der Waals surface area contributed by atoms with Gasteiger partial charge in [0.1, 0.15) is 17.6 Å². The van der Waals surface area contributed by atoms with Crippen LogP contribution in [0.25, 0.3) is 0 Å². The van der Waals surface area contributed by atoms with E-state index >= 15 is 0 Å². The van der Waals surface area contributed by atoms with E-state index in [9.17, 15) is 9.59 Å². The van der Waals surface area contributed by atoms with Gasteiger partial charge in [0.05, 0.1) is 17.7 Å². The lowest BCUT2D eigenvalue weighted by atomic mass is 10.2. The quantitative estimate of drug-likeness (QED) is 0.295. The van der Waals surface area contributed by atoms with Crippen molar-refractivity contribution in [1.29, 1.82) is 5.26 Å². The molecule has 0 atom stereocenters. The van der Waals surface area contributed by atoms with Gasteiger partial charge in [0.2, 0.25) is 0 Å². The number of allylic oxidation sites excluding steroid dienone is 1. The first kappa shape index (κ1) is 18.9. The zero-order valence-electron chi connectivity index (χ0n) is 14.3. The maximum Gasteiger partial charge on any atom is 0.343 e. The minimum Gasteiger partial charge on any atom is -0.494 e. The van der Waals surface area contributed by atoms with Crippen molar-refractivity contribution in [2.75, 3.05) is 6.61 Å². The molecule has 0 radical (unpaired) electrons. The molecule has 2 aromatic rings. The molecular formula is C21H19NO4. The van der Waals surface area contributed by atoms with Crippen molar-refractivity contribution in [3.63, 3.8) is 0 Å². The van der Waals surface area contributed by atoms with Crippen molar-refractivity contribution in [1.82, 2.24) is 0 Å². The number of hydrogen-bond donors (Lipinski definition) is 0.